The van der Waals surface area contributed by atoms with Gasteiger partial charge in [0.25, 0.3) is 0 Å². The molecule has 0 atom stereocenters. The molecule has 1 aliphatic carbocycles. The van der Waals surface area contributed by atoms with E-state index in [4.69, 9.17) is 4.52 Å². The molecule has 0 saturated carbocycles. The van der Waals surface area contributed by atoms with Crippen molar-refractivity contribution in [1.82, 2.24) is 5.16 Å². The highest BCUT2D eigenvalue weighted by Gasteiger charge is 2.42. The number of nitrogens with zero attached hydrogens (tertiary/aromatic N) is 1. The molecule has 27 heavy (non-hydrogen) atoms. The van der Waals surface area contributed by atoms with Gasteiger partial charge in [-0.05, 0) is 69.9 Å². The zero-order valence-electron chi connectivity index (χ0n) is 18.1. The Kier molecular flexibility index (Phi) is 5.38. The van der Waals surface area contributed by atoms with Gasteiger partial charge in [-0.25, -0.2) is 0 Å². The second kappa shape index (κ2) is 7.30. The van der Waals surface area contributed by atoms with Crippen molar-refractivity contribution in [3.05, 3.63) is 52.4 Å². The van der Waals surface area contributed by atoms with Crippen LogP contribution in [0.3, 0.4) is 0 Å². The molecule has 0 spiro atoms. The van der Waals surface area contributed by atoms with Crippen LogP contribution < -0.4 is 0 Å². The van der Waals surface area contributed by atoms with E-state index in [9.17, 15) is 0 Å². The summed E-state index contributed by atoms with van der Waals surface area (Å²) in [5.41, 5.74) is 7.76. The SMILES string of the molecule is CCCCc1cc2c(cc1/C(=C/c1ccno1)C(C)C)C(C)(C)CC2(C)C. The second-order valence-electron chi connectivity index (χ2n) is 9.77. The highest BCUT2D eigenvalue weighted by atomic mass is 16.5. The van der Waals surface area contributed by atoms with Gasteiger partial charge in [0.05, 0.1) is 6.20 Å². The lowest BCUT2D eigenvalue weighted by Crippen LogP contribution is -2.18. The van der Waals surface area contributed by atoms with E-state index < -0.39 is 0 Å². The fourth-order valence-corrected chi connectivity index (χ4v) is 4.91. The smallest absolute Gasteiger partial charge is 0.159 e. The van der Waals surface area contributed by atoms with E-state index in [1.54, 1.807) is 11.8 Å². The lowest BCUT2D eigenvalue weighted by atomic mass is 9.81. The van der Waals surface area contributed by atoms with Crippen molar-refractivity contribution >= 4 is 11.6 Å². The number of unbranched alkanes of at least 4 members (excludes halogenated alkanes) is 1. The molecule has 1 heterocycles. The number of fused-ring (bicyclic) bond motifs is 1. The molecular formula is C25H35NO. The Bertz CT molecular complexity index is 822. The van der Waals surface area contributed by atoms with Gasteiger partial charge < -0.3 is 4.52 Å². The Morgan fingerprint density at radius 1 is 1.15 bits per heavy atom. The maximum absolute atomic E-state index is 5.40. The van der Waals surface area contributed by atoms with Crippen LogP contribution in [0, 0.1) is 5.92 Å². The first-order chi connectivity index (χ1) is 12.7. The largest absolute Gasteiger partial charge is 0.357 e. The normalized spacial score (nSPS) is 18.1. The Balaban J connectivity index is 2.21. The van der Waals surface area contributed by atoms with Gasteiger partial charge in [0.2, 0.25) is 0 Å². The first-order valence-corrected chi connectivity index (χ1v) is 10.5. The third kappa shape index (κ3) is 3.90. The molecule has 0 amide bonds. The van der Waals surface area contributed by atoms with Crippen molar-refractivity contribution in [2.75, 3.05) is 0 Å². The molecule has 1 aromatic carbocycles. The maximum Gasteiger partial charge on any atom is 0.159 e. The van der Waals surface area contributed by atoms with Crippen LogP contribution in [0.2, 0.25) is 0 Å². The lowest BCUT2D eigenvalue weighted by Gasteiger charge is -2.23. The predicted octanol–water partition coefficient (Wildman–Crippen LogP) is 7.17. The molecule has 1 aromatic heterocycles. The highest BCUT2D eigenvalue weighted by Crippen LogP contribution is 2.51. The minimum atomic E-state index is 0.213. The monoisotopic (exact) mass is 365 g/mol. The van der Waals surface area contributed by atoms with E-state index in [0.29, 0.717) is 5.92 Å². The van der Waals surface area contributed by atoms with Gasteiger partial charge in [-0.1, -0.05) is 72.2 Å². The van der Waals surface area contributed by atoms with E-state index >= 15 is 0 Å². The lowest BCUT2D eigenvalue weighted by molar-refractivity contribution is 0.403. The van der Waals surface area contributed by atoms with Crippen molar-refractivity contribution < 1.29 is 4.52 Å². The van der Waals surface area contributed by atoms with Gasteiger partial charge in [0.15, 0.2) is 5.76 Å². The Hall–Kier alpha value is -1.83. The van der Waals surface area contributed by atoms with E-state index in [1.807, 2.05) is 6.07 Å². The molecule has 3 rings (SSSR count). The fourth-order valence-electron chi connectivity index (χ4n) is 4.91. The van der Waals surface area contributed by atoms with Crippen LogP contribution in [0.4, 0.5) is 0 Å². The zero-order valence-corrected chi connectivity index (χ0v) is 18.1. The number of hydrogen-bond acceptors (Lipinski definition) is 2. The molecule has 1 aliphatic rings. The van der Waals surface area contributed by atoms with E-state index in [0.717, 1.165) is 12.2 Å². The number of aromatic nitrogens is 1. The summed E-state index contributed by atoms with van der Waals surface area (Å²) in [6.45, 7) is 16.4. The van der Waals surface area contributed by atoms with E-state index in [2.05, 4.69) is 71.8 Å². The van der Waals surface area contributed by atoms with E-state index in [1.165, 1.54) is 41.5 Å². The number of allylic oxidation sites excluding steroid dienone is 1. The molecule has 0 saturated heterocycles. The Morgan fingerprint density at radius 2 is 1.81 bits per heavy atom. The van der Waals surface area contributed by atoms with Gasteiger partial charge in [-0.15, -0.1) is 0 Å². The fraction of sp³-hybridized carbons (Fsp3) is 0.560. The summed E-state index contributed by atoms with van der Waals surface area (Å²) in [6, 6.07) is 6.96. The van der Waals surface area contributed by atoms with Crippen LogP contribution in [-0.4, -0.2) is 5.16 Å². The van der Waals surface area contributed by atoms with Crippen LogP contribution in [0.5, 0.6) is 0 Å². The predicted molar refractivity (Wildman–Crippen MR) is 115 cm³/mol. The van der Waals surface area contributed by atoms with Gasteiger partial charge in [0, 0.05) is 6.07 Å². The van der Waals surface area contributed by atoms with Crippen LogP contribution in [0.25, 0.3) is 11.6 Å². The molecule has 0 bridgehead atoms. The average Bonchev–Trinajstić information content (AvgIpc) is 3.14. The number of benzene rings is 1. The summed E-state index contributed by atoms with van der Waals surface area (Å²) >= 11 is 0. The molecule has 2 nitrogen and oxygen atoms in total. The Labute approximate surface area is 165 Å². The van der Waals surface area contributed by atoms with Gasteiger partial charge >= 0.3 is 0 Å². The van der Waals surface area contributed by atoms with Crippen LogP contribution >= 0.6 is 0 Å². The van der Waals surface area contributed by atoms with Crippen molar-refractivity contribution in [3.63, 3.8) is 0 Å². The zero-order chi connectivity index (χ0) is 19.8. The third-order valence-corrected chi connectivity index (χ3v) is 6.07. The molecule has 0 fully saturated rings. The van der Waals surface area contributed by atoms with Crippen molar-refractivity contribution in [3.8, 4) is 0 Å². The quantitative estimate of drug-likeness (QED) is 0.542. The van der Waals surface area contributed by atoms with Crippen molar-refractivity contribution in [2.24, 2.45) is 5.92 Å². The summed E-state index contributed by atoms with van der Waals surface area (Å²) in [4.78, 5) is 0. The van der Waals surface area contributed by atoms with Gasteiger partial charge in [0.1, 0.15) is 0 Å². The van der Waals surface area contributed by atoms with Crippen molar-refractivity contribution in [2.45, 2.75) is 85.0 Å². The van der Waals surface area contributed by atoms with Crippen LogP contribution in [-0.2, 0) is 17.3 Å². The number of rotatable bonds is 6. The molecule has 2 aromatic rings. The second-order valence-corrected chi connectivity index (χ2v) is 9.77. The minimum Gasteiger partial charge on any atom is -0.357 e. The Morgan fingerprint density at radius 3 is 2.37 bits per heavy atom. The number of aryl methyl sites for hydroxylation is 1. The standard InChI is InChI=1S/C25H35NO/c1-8-9-10-18-13-22-23(25(6,7)16-24(22,4)5)15-21(18)20(17(2)3)14-19-11-12-26-27-19/h11-15,17H,8-10,16H2,1-7H3/b20-14+. The van der Waals surface area contributed by atoms with Crippen LogP contribution in [0.1, 0.15) is 95.7 Å². The summed E-state index contributed by atoms with van der Waals surface area (Å²) in [7, 11) is 0. The summed E-state index contributed by atoms with van der Waals surface area (Å²) in [6.07, 6.45) is 8.68. The first kappa shape index (κ1) is 19.9. The number of hydrogen-bond donors (Lipinski definition) is 0. The molecule has 0 radical (unpaired) electrons. The molecule has 0 N–H and O–H groups in total. The summed E-state index contributed by atoms with van der Waals surface area (Å²) in [5, 5.41) is 3.88. The topological polar surface area (TPSA) is 26.0 Å². The third-order valence-electron chi connectivity index (χ3n) is 6.07. The summed E-state index contributed by atoms with van der Waals surface area (Å²) in [5.74, 6) is 1.26. The molecule has 0 unspecified atom stereocenters. The molecule has 0 aliphatic heterocycles. The maximum atomic E-state index is 5.40. The molecular weight excluding hydrogens is 330 g/mol. The first-order valence-electron chi connectivity index (χ1n) is 10.5. The van der Waals surface area contributed by atoms with Gasteiger partial charge in [-0.2, -0.15) is 0 Å². The summed E-state index contributed by atoms with van der Waals surface area (Å²) < 4.78 is 5.40. The van der Waals surface area contributed by atoms with Crippen molar-refractivity contribution in [1.29, 1.82) is 0 Å². The van der Waals surface area contributed by atoms with Gasteiger partial charge in [-0.3, -0.25) is 0 Å². The van der Waals surface area contributed by atoms with E-state index in [-0.39, 0.29) is 10.8 Å². The average molecular weight is 366 g/mol. The molecule has 2 heteroatoms. The highest BCUT2D eigenvalue weighted by molar-refractivity contribution is 5.83. The molecule has 146 valence electrons. The minimum absolute atomic E-state index is 0.213. The van der Waals surface area contributed by atoms with Crippen LogP contribution in [0.15, 0.2) is 28.9 Å².